The first-order valence-corrected chi connectivity index (χ1v) is 6.55. The average molecular weight is 205 g/mol. The van der Waals surface area contributed by atoms with Crippen molar-refractivity contribution in [2.75, 3.05) is 31.6 Å². The van der Waals surface area contributed by atoms with E-state index < -0.39 is 9.73 Å². The third-order valence-electron chi connectivity index (χ3n) is 2.08. The largest absolute Gasteiger partial charge is 0.258 e. The minimum absolute atomic E-state index is 0.189. The summed E-state index contributed by atoms with van der Waals surface area (Å²) in [6.45, 7) is 5.64. The molecule has 0 spiro atoms. The van der Waals surface area contributed by atoms with E-state index in [9.17, 15) is 4.21 Å². The number of rotatable bonds is 2. The molecule has 0 aliphatic carbocycles. The molecule has 0 saturated carbocycles. The van der Waals surface area contributed by atoms with Crippen LogP contribution in [-0.2, 0) is 9.73 Å². The molecule has 1 N–H and O–H groups in total. The highest BCUT2D eigenvalue weighted by molar-refractivity contribution is 7.93. The number of hydrogen-bond acceptors (Lipinski definition) is 4. The average Bonchev–Trinajstić information content (AvgIpc) is 2.04. The van der Waals surface area contributed by atoms with Crippen LogP contribution in [0.4, 0.5) is 0 Å². The van der Waals surface area contributed by atoms with E-state index >= 15 is 0 Å². The SMILES string of the molecule is CNN1CCS(=O)(=NC(C)C)CC1. The van der Waals surface area contributed by atoms with Gasteiger partial charge in [0.25, 0.3) is 0 Å². The molecule has 1 heterocycles. The molecule has 0 atom stereocenters. The fraction of sp³-hybridized carbons (Fsp3) is 1.00. The van der Waals surface area contributed by atoms with Gasteiger partial charge in [0.1, 0.15) is 0 Å². The molecule has 1 aliphatic rings. The quantitative estimate of drug-likeness (QED) is 0.706. The highest BCUT2D eigenvalue weighted by Crippen LogP contribution is 2.07. The zero-order chi connectivity index (χ0) is 9.90. The summed E-state index contributed by atoms with van der Waals surface area (Å²) in [4.78, 5) is 0. The predicted molar refractivity (Wildman–Crippen MR) is 56.1 cm³/mol. The lowest BCUT2D eigenvalue weighted by Crippen LogP contribution is -2.46. The normalized spacial score (nSPS) is 23.4. The van der Waals surface area contributed by atoms with Crippen LogP contribution in [0.5, 0.6) is 0 Å². The van der Waals surface area contributed by atoms with Crippen molar-refractivity contribution >= 4 is 9.73 Å². The van der Waals surface area contributed by atoms with Gasteiger partial charge in [0.05, 0.1) is 6.04 Å². The van der Waals surface area contributed by atoms with Crippen LogP contribution in [0.25, 0.3) is 0 Å². The van der Waals surface area contributed by atoms with Crippen LogP contribution in [0, 0.1) is 0 Å². The van der Waals surface area contributed by atoms with Gasteiger partial charge in [-0.3, -0.25) is 5.43 Å². The standard InChI is InChI=1S/C8H19N3OS/c1-8(2)10-13(12)6-4-11(9-3)5-7-13/h8-9H,4-7H2,1-3H3. The molecule has 0 unspecified atom stereocenters. The Morgan fingerprint density at radius 3 is 2.31 bits per heavy atom. The first kappa shape index (κ1) is 10.9. The van der Waals surface area contributed by atoms with Crippen LogP contribution in [0.15, 0.2) is 4.36 Å². The maximum atomic E-state index is 12.1. The van der Waals surface area contributed by atoms with Crippen LogP contribution in [0.3, 0.4) is 0 Å². The lowest BCUT2D eigenvalue weighted by molar-refractivity contribution is 0.228. The molecule has 0 radical (unpaired) electrons. The highest BCUT2D eigenvalue weighted by atomic mass is 32.2. The molecule has 1 rings (SSSR count). The summed E-state index contributed by atoms with van der Waals surface area (Å²) in [5.74, 6) is 1.40. The molecule has 0 aromatic carbocycles. The van der Waals surface area contributed by atoms with Gasteiger partial charge in [0, 0.05) is 34.3 Å². The molecule has 1 fully saturated rings. The van der Waals surface area contributed by atoms with Crippen LogP contribution in [0.1, 0.15) is 13.8 Å². The molecule has 0 aromatic heterocycles. The van der Waals surface area contributed by atoms with E-state index in [2.05, 4.69) is 14.8 Å². The summed E-state index contributed by atoms with van der Waals surface area (Å²) < 4.78 is 16.4. The zero-order valence-corrected chi connectivity index (χ0v) is 9.43. The molecule has 13 heavy (non-hydrogen) atoms. The van der Waals surface area contributed by atoms with Crippen LogP contribution in [0.2, 0.25) is 0 Å². The molecule has 1 aliphatic heterocycles. The lowest BCUT2D eigenvalue weighted by atomic mass is 10.4. The van der Waals surface area contributed by atoms with Crippen molar-refractivity contribution in [2.24, 2.45) is 4.36 Å². The van der Waals surface area contributed by atoms with Crippen molar-refractivity contribution < 1.29 is 4.21 Å². The van der Waals surface area contributed by atoms with Crippen molar-refractivity contribution in [3.63, 3.8) is 0 Å². The third kappa shape index (κ3) is 3.25. The van der Waals surface area contributed by atoms with Gasteiger partial charge >= 0.3 is 0 Å². The summed E-state index contributed by atoms with van der Waals surface area (Å²) in [6, 6.07) is 0.189. The van der Waals surface area contributed by atoms with Gasteiger partial charge < -0.3 is 0 Å². The maximum Gasteiger partial charge on any atom is 0.0537 e. The molecular formula is C8H19N3OS. The summed E-state index contributed by atoms with van der Waals surface area (Å²) in [5, 5.41) is 2.08. The Balaban J connectivity index is 2.62. The summed E-state index contributed by atoms with van der Waals surface area (Å²) >= 11 is 0. The van der Waals surface area contributed by atoms with Crippen LogP contribution >= 0.6 is 0 Å². The van der Waals surface area contributed by atoms with Crippen molar-refractivity contribution in [1.29, 1.82) is 0 Å². The first-order chi connectivity index (χ1) is 6.06. The summed E-state index contributed by atoms with van der Waals surface area (Å²) in [6.07, 6.45) is 0. The van der Waals surface area contributed by atoms with E-state index in [1.807, 2.05) is 20.9 Å². The molecule has 0 aromatic rings. The Labute approximate surface area is 80.8 Å². The van der Waals surface area contributed by atoms with E-state index in [0.717, 1.165) is 13.1 Å². The van der Waals surface area contributed by atoms with E-state index in [4.69, 9.17) is 0 Å². The van der Waals surface area contributed by atoms with Crippen molar-refractivity contribution in [1.82, 2.24) is 10.4 Å². The molecule has 1 saturated heterocycles. The first-order valence-electron chi connectivity index (χ1n) is 4.70. The Hall–Kier alpha value is -0.130. The fourth-order valence-electron chi connectivity index (χ4n) is 1.43. The van der Waals surface area contributed by atoms with Crippen molar-refractivity contribution in [3.05, 3.63) is 0 Å². The zero-order valence-electron chi connectivity index (χ0n) is 8.62. The van der Waals surface area contributed by atoms with Gasteiger partial charge in [-0.15, -0.1) is 0 Å². The number of hydrazine groups is 1. The summed E-state index contributed by atoms with van der Waals surface area (Å²) in [7, 11) is 0.00642. The van der Waals surface area contributed by atoms with Gasteiger partial charge in [-0.25, -0.2) is 13.6 Å². The molecule has 0 amide bonds. The van der Waals surface area contributed by atoms with Crippen molar-refractivity contribution in [2.45, 2.75) is 19.9 Å². The van der Waals surface area contributed by atoms with E-state index in [-0.39, 0.29) is 6.04 Å². The third-order valence-corrected chi connectivity index (χ3v) is 4.53. The minimum atomic E-state index is -1.89. The van der Waals surface area contributed by atoms with E-state index in [0.29, 0.717) is 11.5 Å². The molecule has 78 valence electrons. The molecule has 4 nitrogen and oxygen atoms in total. The summed E-state index contributed by atoms with van der Waals surface area (Å²) in [5.41, 5.74) is 3.06. The second kappa shape index (κ2) is 4.39. The van der Waals surface area contributed by atoms with Crippen LogP contribution in [-0.4, -0.2) is 46.9 Å². The Bertz CT molecular complexity index is 255. The van der Waals surface area contributed by atoms with Gasteiger partial charge in [-0.05, 0) is 20.9 Å². The Morgan fingerprint density at radius 2 is 1.92 bits per heavy atom. The minimum Gasteiger partial charge on any atom is -0.258 e. The van der Waals surface area contributed by atoms with Gasteiger partial charge in [-0.1, -0.05) is 0 Å². The van der Waals surface area contributed by atoms with Gasteiger partial charge in [0.2, 0.25) is 0 Å². The highest BCUT2D eigenvalue weighted by Gasteiger charge is 2.19. The molecule has 5 heteroatoms. The Morgan fingerprint density at radius 1 is 1.38 bits per heavy atom. The number of nitrogens with zero attached hydrogens (tertiary/aromatic N) is 2. The predicted octanol–water partition coefficient (Wildman–Crippen LogP) is 0.313. The molecular weight excluding hydrogens is 186 g/mol. The Kier molecular flexibility index (Phi) is 3.70. The topological polar surface area (TPSA) is 44.7 Å². The van der Waals surface area contributed by atoms with Crippen LogP contribution < -0.4 is 5.43 Å². The number of nitrogens with one attached hydrogen (secondary N) is 1. The monoisotopic (exact) mass is 205 g/mol. The van der Waals surface area contributed by atoms with Crippen molar-refractivity contribution in [3.8, 4) is 0 Å². The smallest absolute Gasteiger partial charge is 0.0537 e. The second-order valence-corrected chi connectivity index (χ2v) is 6.16. The molecule has 0 bridgehead atoms. The number of hydrogen-bond donors (Lipinski definition) is 1. The maximum absolute atomic E-state index is 12.1. The fourth-order valence-corrected chi connectivity index (χ4v) is 3.63. The van der Waals surface area contributed by atoms with Gasteiger partial charge in [0.15, 0.2) is 0 Å². The van der Waals surface area contributed by atoms with E-state index in [1.54, 1.807) is 0 Å². The lowest BCUT2D eigenvalue weighted by Gasteiger charge is -2.27. The van der Waals surface area contributed by atoms with Gasteiger partial charge in [-0.2, -0.15) is 0 Å². The second-order valence-electron chi connectivity index (χ2n) is 3.59. The van der Waals surface area contributed by atoms with E-state index in [1.165, 1.54) is 0 Å².